The molecule has 0 saturated heterocycles. The molecule has 22 heavy (non-hydrogen) atoms. The Morgan fingerprint density at radius 2 is 2.05 bits per heavy atom. The zero-order chi connectivity index (χ0) is 16.3. The highest BCUT2D eigenvalue weighted by Crippen LogP contribution is 2.21. The molecule has 2 aromatic rings. The third-order valence-corrected chi connectivity index (χ3v) is 4.80. The van der Waals surface area contributed by atoms with Crippen molar-refractivity contribution in [2.45, 2.75) is 0 Å². The number of sulfonamides is 1. The van der Waals surface area contributed by atoms with Gasteiger partial charge in [0.05, 0.1) is 16.8 Å². The van der Waals surface area contributed by atoms with Crippen molar-refractivity contribution >= 4 is 38.4 Å². The molecule has 8 heteroatoms. The lowest BCUT2D eigenvalue weighted by molar-refractivity contribution is 0.0947. The first-order valence-corrected chi connectivity index (χ1v) is 8.76. The van der Waals surface area contributed by atoms with Crippen LogP contribution in [0.1, 0.15) is 10.5 Å². The van der Waals surface area contributed by atoms with Gasteiger partial charge in [-0.3, -0.25) is 4.79 Å². The van der Waals surface area contributed by atoms with Crippen LogP contribution < -0.4 is 5.32 Å². The molecule has 0 spiro atoms. The number of benzene rings is 1. The SMILES string of the molecule is CN(CCNC(=O)c1ccc2cccc(Cl)c2n1)S(C)(=O)=O. The van der Waals surface area contributed by atoms with E-state index in [0.29, 0.717) is 10.5 Å². The van der Waals surface area contributed by atoms with Crippen LogP contribution in [0, 0.1) is 0 Å². The summed E-state index contributed by atoms with van der Waals surface area (Å²) < 4.78 is 23.7. The normalized spacial score (nSPS) is 11.8. The van der Waals surface area contributed by atoms with Crippen LogP contribution in [-0.2, 0) is 10.0 Å². The quantitative estimate of drug-likeness (QED) is 0.894. The molecule has 0 aliphatic heterocycles. The predicted octanol–water partition coefficient (Wildman–Crippen LogP) is 1.51. The number of hydrogen-bond acceptors (Lipinski definition) is 4. The molecule has 1 amide bonds. The van der Waals surface area contributed by atoms with Gasteiger partial charge in [-0.1, -0.05) is 29.8 Å². The number of rotatable bonds is 5. The van der Waals surface area contributed by atoms with E-state index in [0.717, 1.165) is 15.9 Å². The Labute approximate surface area is 134 Å². The summed E-state index contributed by atoms with van der Waals surface area (Å²) in [5.41, 5.74) is 0.799. The topological polar surface area (TPSA) is 79.4 Å². The minimum atomic E-state index is -3.25. The fourth-order valence-corrected chi connectivity index (χ4v) is 2.47. The number of hydrogen-bond donors (Lipinski definition) is 1. The summed E-state index contributed by atoms with van der Waals surface area (Å²) in [5, 5.41) is 3.96. The minimum absolute atomic E-state index is 0.193. The number of nitrogens with zero attached hydrogens (tertiary/aromatic N) is 2. The molecule has 0 aliphatic rings. The van der Waals surface area contributed by atoms with Gasteiger partial charge in [-0.05, 0) is 12.1 Å². The molecule has 0 aliphatic carbocycles. The Balaban J connectivity index is 2.06. The van der Waals surface area contributed by atoms with Crippen LogP contribution in [0.5, 0.6) is 0 Å². The third kappa shape index (κ3) is 3.94. The molecule has 118 valence electrons. The lowest BCUT2D eigenvalue weighted by Crippen LogP contribution is -2.35. The Kier molecular flexibility index (Phi) is 5.00. The summed E-state index contributed by atoms with van der Waals surface area (Å²) in [6.07, 6.45) is 1.11. The number of likely N-dealkylation sites (N-methyl/N-ethyl adjacent to an activating group) is 1. The van der Waals surface area contributed by atoms with E-state index in [1.807, 2.05) is 12.1 Å². The zero-order valence-corrected chi connectivity index (χ0v) is 13.8. The molecule has 0 saturated carbocycles. The van der Waals surface area contributed by atoms with Crippen LogP contribution in [0.25, 0.3) is 10.9 Å². The highest BCUT2D eigenvalue weighted by Gasteiger charge is 2.12. The molecule has 1 aromatic heterocycles. The smallest absolute Gasteiger partial charge is 0.269 e. The molecular formula is C14H16ClN3O3S. The van der Waals surface area contributed by atoms with Gasteiger partial charge in [-0.25, -0.2) is 17.7 Å². The summed E-state index contributed by atoms with van der Waals surface area (Å²) in [7, 11) is -1.80. The third-order valence-electron chi connectivity index (χ3n) is 3.18. The second kappa shape index (κ2) is 6.60. The summed E-state index contributed by atoms with van der Waals surface area (Å²) in [5.74, 6) is -0.372. The fraction of sp³-hybridized carbons (Fsp3) is 0.286. The maximum atomic E-state index is 12.0. The van der Waals surface area contributed by atoms with Gasteiger partial charge >= 0.3 is 0 Å². The van der Waals surface area contributed by atoms with Crippen molar-refractivity contribution < 1.29 is 13.2 Å². The first-order chi connectivity index (χ1) is 10.3. The molecule has 0 bridgehead atoms. The highest BCUT2D eigenvalue weighted by molar-refractivity contribution is 7.88. The monoisotopic (exact) mass is 341 g/mol. The zero-order valence-electron chi connectivity index (χ0n) is 12.2. The minimum Gasteiger partial charge on any atom is -0.349 e. The number of para-hydroxylation sites is 1. The predicted molar refractivity (Wildman–Crippen MR) is 86.6 cm³/mol. The molecule has 1 N–H and O–H groups in total. The number of carbonyl (C=O) groups is 1. The van der Waals surface area contributed by atoms with Gasteiger partial charge in [-0.15, -0.1) is 0 Å². The van der Waals surface area contributed by atoms with Crippen LogP contribution >= 0.6 is 11.6 Å². The molecule has 1 aromatic carbocycles. The van der Waals surface area contributed by atoms with Gasteiger partial charge in [0, 0.05) is 25.5 Å². The van der Waals surface area contributed by atoms with Crippen LogP contribution in [-0.4, -0.2) is 50.0 Å². The van der Waals surface area contributed by atoms with Crippen LogP contribution in [0.15, 0.2) is 30.3 Å². The summed E-state index contributed by atoms with van der Waals surface area (Å²) >= 11 is 6.06. The Hall–Kier alpha value is -1.70. The fourth-order valence-electron chi connectivity index (χ4n) is 1.82. The molecule has 0 atom stereocenters. The molecule has 0 radical (unpaired) electrons. The van der Waals surface area contributed by atoms with Crippen molar-refractivity contribution in [1.29, 1.82) is 0 Å². The largest absolute Gasteiger partial charge is 0.349 e. The van der Waals surface area contributed by atoms with Gasteiger partial charge in [-0.2, -0.15) is 0 Å². The number of fused-ring (bicyclic) bond motifs is 1. The number of carbonyl (C=O) groups excluding carboxylic acids is 1. The molecule has 1 heterocycles. The van der Waals surface area contributed by atoms with Crippen molar-refractivity contribution in [3.63, 3.8) is 0 Å². The van der Waals surface area contributed by atoms with Gasteiger partial charge in [0.1, 0.15) is 5.69 Å². The van der Waals surface area contributed by atoms with Crippen LogP contribution in [0.4, 0.5) is 0 Å². The Morgan fingerprint density at radius 3 is 2.73 bits per heavy atom. The first kappa shape index (κ1) is 16.7. The summed E-state index contributed by atoms with van der Waals surface area (Å²) in [4.78, 5) is 16.3. The molecule has 2 rings (SSSR count). The van der Waals surface area contributed by atoms with Crippen molar-refractivity contribution in [2.75, 3.05) is 26.4 Å². The standard InChI is InChI=1S/C14H16ClN3O3S/c1-18(22(2,20)21)9-8-16-14(19)12-7-6-10-4-3-5-11(15)13(10)17-12/h3-7H,8-9H2,1-2H3,(H,16,19). The summed E-state index contributed by atoms with van der Waals surface area (Å²) in [6.45, 7) is 0.392. The van der Waals surface area contributed by atoms with Gasteiger partial charge in [0.25, 0.3) is 5.91 Å². The second-order valence-corrected chi connectivity index (χ2v) is 7.35. The first-order valence-electron chi connectivity index (χ1n) is 6.54. The number of aromatic nitrogens is 1. The number of amides is 1. The lowest BCUT2D eigenvalue weighted by atomic mass is 10.2. The van der Waals surface area contributed by atoms with Gasteiger partial charge in [0.15, 0.2) is 0 Å². The summed E-state index contributed by atoms with van der Waals surface area (Å²) in [6, 6.07) is 8.75. The maximum absolute atomic E-state index is 12.0. The average molecular weight is 342 g/mol. The molecular weight excluding hydrogens is 326 g/mol. The molecule has 0 unspecified atom stereocenters. The number of pyridine rings is 1. The molecule has 6 nitrogen and oxygen atoms in total. The van der Waals surface area contributed by atoms with Crippen molar-refractivity contribution in [3.05, 3.63) is 41.0 Å². The van der Waals surface area contributed by atoms with Crippen molar-refractivity contribution in [1.82, 2.24) is 14.6 Å². The highest BCUT2D eigenvalue weighted by atomic mass is 35.5. The Bertz CT molecular complexity index is 808. The van der Waals surface area contributed by atoms with E-state index in [1.165, 1.54) is 7.05 Å². The van der Waals surface area contributed by atoms with Crippen LogP contribution in [0.3, 0.4) is 0 Å². The average Bonchev–Trinajstić information content (AvgIpc) is 2.46. The Morgan fingerprint density at radius 1 is 1.32 bits per heavy atom. The van der Waals surface area contributed by atoms with E-state index >= 15 is 0 Å². The van der Waals surface area contributed by atoms with E-state index in [-0.39, 0.29) is 24.7 Å². The van der Waals surface area contributed by atoms with Crippen LogP contribution in [0.2, 0.25) is 5.02 Å². The molecule has 0 fully saturated rings. The number of nitrogens with one attached hydrogen (secondary N) is 1. The van der Waals surface area contributed by atoms with Crippen molar-refractivity contribution in [2.24, 2.45) is 0 Å². The van der Waals surface area contributed by atoms with E-state index in [9.17, 15) is 13.2 Å². The lowest BCUT2D eigenvalue weighted by Gasteiger charge is -2.14. The van der Waals surface area contributed by atoms with E-state index in [1.54, 1.807) is 18.2 Å². The number of halogens is 1. The van der Waals surface area contributed by atoms with Gasteiger partial charge in [0.2, 0.25) is 10.0 Å². The van der Waals surface area contributed by atoms with E-state index in [2.05, 4.69) is 10.3 Å². The van der Waals surface area contributed by atoms with Gasteiger partial charge < -0.3 is 5.32 Å². The van der Waals surface area contributed by atoms with E-state index in [4.69, 9.17) is 11.6 Å². The second-order valence-electron chi connectivity index (χ2n) is 4.85. The van der Waals surface area contributed by atoms with Crippen molar-refractivity contribution in [3.8, 4) is 0 Å². The van der Waals surface area contributed by atoms with E-state index < -0.39 is 10.0 Å². The maximum Gasteiger partial charge on any atom is 0.269 e.